The number of rotatable bonds is 1. The van der Waals surface area contributed by atoms with Gasteiger partial charge < -0.3 is 11.1 Å². The van der Waals surface area contributed by atoms with Crippen LogP contribution in [0.15, 0.2) is 16.6 Å². The summed E-state index contributed by atoms with van der Waals surface area (Å²) in [5.41, 5.74) is 5.96. The number of hydrogen-bond acceptors (Lipinski definition) is 2. The molecule has 0 heterocycles. The molecule has 1 aromatic rings. The molecular formula is C8H8BrFN2O. The average molecular weight is 247 g/mol. The van der Waals surface area contributed by atoms with Gasteiger partial charge in [0.15, 0.2) is 0 Å². The fourth-order valence-electron chi connectivity index (χ4n) is 0.859. The number of amides is 1. The van der Waals surface area contributed by atoms with E-state index in [-0.39, 0.29) is 11.6 Å². The van der Waals surface area contributed by atoms with Gasteiger partial charge in [0, 0.05) is 12.6 Å². The van der Waals surface area contributed by atoms with E-state index in [0.29, 0.717) is 10.2 Å². The summed E-state index contributed by atoms with van der Waals surface area (Å²) in [4.78, 5) is 10.7. The van der Waals surface area contributed by atoms with Gasteiger partial charge in [-0.2, -0.15) is 0 Å². The van der Waals surface area contributed by atoms with E-state index in [4.69, 9.17) is 5.73 Å². The van der Waals surface area contributed by atoms with Crippen LogP contribution in [0.3, 0.4) is 0 Å². The first-order valence-corrected chi connectivity index (χ1v) is 4.32. The van der Waals surface area contributed by atoms with Crippen molar-refractivity contribution in [2.45, 2.75) is 6.92 Å². The number of nitrogens with two attached hydrogens (primary N) is 1. The van der Waals surface area contributed by atoms with Crippen LogP contribution in [-0.4, -0.2) is 5.91 Å². The van der Waals surface area contributed by atoms with Crippen LogP contribution in [0.4, 0.5) is 15.8 Å². The monoisotopic (exact) mass is 246 g/mol. The zero-order chi connectivity index (χ0) is 10.0. The molecule has 5 heteroatoms. The molecule has 3 nitrogen and oxygen atoms in total. The van der Waals surface area contributed by atoms with Crippen molar-refractivity contribution < 1.29 is 9.18 Å². The Morgan fingerprint density at radius 1 is 1.62 bits per heavy atom. The van der Waals surface area contributed by atoms with Gasteiger partial charge in [0.05, 0.1) is 10.2 Å². The minimum atomic E-state index is -0.517. The molecule has 1 rings (SSSR count). The van der Waals surface area contributed by atoms with E-state index in [9.17, 15) is 9.18 Å². The summed E-state index contributed by atoms with van der Waals surface area (Å²) >= 11 is 3.08. The summed E-state index contributed by atoms with van der Waals surface area (Å²) < 4.78 is 13.5. The molecule has 0 saturated carbocycles. The maximum absolute atomic E-state index is 13.1. The second-order valence-electron chi connectivity index (χ2n) is 2.51. The molecule has 1 aromatic carbocycles. The van der Waals surface area contributed by atoms with Gasteiger partial charge in [-0.05, 0) is 28.1 Å². The Bertz CT molecular complexity index is 354. The highest BCUT2D eigenvalue weighted by molar-refractivity contribution is 9.10. The molecule has 0 fully saturated rings. The minimum absolute atomic E-state index is 0.0764. The van der Waals surface area contributed by atoms with E-state index in [1.807, 2.05) is 0 Å². The van der Waals surface area contributed by atoms with Crippen LogP contribution in [0.2, 0.25) is 0 Å². The summed E-state index contributed by atoms with van der Waals surface area (Å²) in [6.45, 7) is 1.30. The van der Waals surface area contributed by atoms with Crippen LogP contribution in [0.1, 0.15) is 6.92 Å². The Morgan fingerprint density at radius 2 is 2.23 bits per heavy atom. The summed E-state index contributed by atoms with van der Waals surface area (Å²) in [6, 6.07) is 2.62. The van der Waals surface area contributed by atoms with Crippen molar-refractivity contribution in [3.05, 3.63) is 22.4 Å². The summed E-state index contributed by atoms with van der Waals surface area (Å²) in [6.07, 6.45) is 0. The third-order valence-electron chi connectivity index (χ3n) is 1.42. The molecule has 0 radical (unpaired) electrons. The molecule has 70 valence electrons. The highest BCUT2D eigenvalue weighted by Crippen LogP contribution is 2.30. The number of carbonyl (C=O) groups is 1. The number of nitrogen functional groups attached to an aromatic ring is 1. The quantitative estimate of drug-likeness (QED) is 0.747. The van der Waals surface area contributed by atoms with Crippen LogP contribution in [0, 0.1) is 5.82 Å². The van der Waals surface area contributed by atoms with Crippen LogP contribution < -0.4 is 11.1 Å². The number of halogens is 2. The summed E-state index contributed by atoms with van der Waals surface area (Å²) in [7, 11) is 0. The standard InChI is InChI=1S/C8H8BrFN2O/c1-4(13)12-8-5(10)2-3-6(11)7(8)9/h2-3H,11H2,1H3,(H,12,13). The molecular weight excluding hydrogens is 239 g/mol. The van der Waals surface area contributed by atoms with Crippen molar-refractivity contribution in [1.29, 1.82) is 0 Å². The van der Waals surface area contributed by atoms with E-state index in [0.717, 1.165) is 0 Å². The van der Waals surface area contributed by atoms with Crippen LogP contribution in [0.5, 0.6) is 0 Å². The Hall–Kier alpha value is -1.10. The zero-order valence-electron chi connectivity index (χ0n) is 6.90. The third-order valence-corrected chi connectivity index (χ3v) is 2.28. The van der Waals surface area contributed by atoms with E-state index in [1.54, 1.807) is 0 Å². The number of nitrogens with one attached hydrogen (secondary N) is 1. The first-order valence-electron chi connectivity index (χ1n) is 3.53. The van der Waals surface area contributed by atoms with Gasteiger partial charge in [-0.3, -0.25) is 4.79 Å². The lowest BCUT2D eigenvalue weighted by Crippen LogP contribution is -2.09. The normalized spacial score (nSPS) is 9.77. The number of benzene rings is 1. The van der Waals surface area contributed by atoms with Crippen molar-refractivity contribution >= 4 is 33.2 Å². The molecule has 0 saturated heterocycles. The van der Waals surface area contributed by atoms with Crippen molar-refractivity contribution in [3.8, 4) is 0 Å². The maximum atomic E-state index is 13.1. The van der Waals surface area contributed by atoms with Crippen LogP contribution >= 0.6 is 15.9 Å². The van der Waals surface area contributed by atoms with Gasteiger partial charge >= 0.3 is 0 Å². The van der Waals surface area contributed by atoms with Crippen molar-refractivity contribution in [2.75, 3.05) is 11.1 Å². The van der Waals surface area contributed by atoms with E-state index < -0.39 is 5.82 Å². The molecule has 13 heavy (non-hydrogen) atoms. The SMILES string of the molecule is CC(=O)Nc1c(F)ccc(N)c1Br. The van der Waals surface area contributed by atoms with E-state index in [2.05, 4.69) is 21.2 Å². The highest BCUT2D eigenvalue weighted by atomic mass is 79.9. The van der Waals surface area contributed by atoms with E-state index >= 15 is 0 Å². The average Bonchev–Trinajstić information content (AvgIpc) is 2.05. The number of anilines is 2. The molecule has 3 N–H and O–H groups in total. The molecule has 0 unspecified atom stereocenters. The van der Waals surface area contributed by atoms with Gasteiger partial charge in [-0.1, -0.05) is 0 Å². The lowest BCUT2D eigenvalue weighted by atomic mass is 10.2. The third kappa shape index (κ3) is 2.18. The predicted molar refractivity (Wildman–Crippen MR) is 52.8 cm³/mol. The van der Waals surface area contributed by atoms with Gasteiger partial charge in [-0.15, -0.1) is 0 Å². The first-order chi connectivity index (χ1) is 6.02. The molecule has 0 spiro atoms. The van der Waals surface area contributed by atoms with Crippen molar-refractivity contribution in [2.24, 2.45) is 0 Å². The lowest BCUT2D eigenvalue weighted by Gasteiger charge is -2.07. The van der Waals surface area contributed by atoms with Gasteiger partial charge in [0.2, 0.25) is 5.91 Å². The fourth-order valence-corrected chi connectivity index (χ4v) is 1.28. The van der Waals surface area contributed by atoms with Crippen LogP contribution in [-0.2, 0) is 4.79 Å². The molecule has 0 aliphatic heterocycles. The lowest BCUT2D eigenvalue weighted by molar-refractivity contribution is -0.114. The predicted octanol–water partition coefficient (Wildman–Crippen LogP) is 2.13. The van der Waals surface area contributed by atoms with Gasteiger partial charge in [-0.25, -0.2) is 4.39 Å². The summed E-state index contributed by atoms with van der Waals surface area (Å²) in [5.74, 6) is -0.860. The zero-order valence-corrected chi connectivity index (χ0v) is 8.48. The van der Waals surface area contributed by atoms with Gasteiger partial charge in [0.25, 0.3) is 0 Å². The topological polar surface area (TPSA) is 55.1 Å². The minimum Gasteiger partial charge on any atom is -0.398 e. The summed E-state index contributed by atoms with van der Waals surface area (Å²) in [5, 5.41) is 2.34. The molecule has 0 aromatic heterocycles. The second-order valence-corrected chi connectivity index (χ2v) is 3.30. The molecule has 0 aliphatic rings. The van der Waals surface area contributed by atoms with Crippen LogP contribution in [0.25, 0.3) is 0 Å². The molecule has 0 atom stereocenters. The Kier molecular flexibility index (Phi) is 2.87. The molecule has 0 aliphatic carbocycles. The van der Waals surface area contributed by atoms with E-state index in [1.165, 1.54) is 19.1 Å². The number of hydrogen-bond donors (Lipinski definition) is 2. The largest absolute Gasteiger partial charge is 0.398 e. The van der Waals surface area contributed by atoms with Gasteiger partial charge in [0.1, 0.15) is 5.82 Å². The second kappa shape index (κ2) is 3.74. The van der Waals surface area contributed by atoms with Crippen molar-refractivity contribution in [3.63, 3.8) is 0 Å². The van der Waals surface area contributed by atoms with Crippen molar-refractivity contribution in [1.82, 2.24) is 0 Å². The maximum Gasteiger partial charge on any atom is 0.221 e. The molecule has 0 bridgehead atoms. The fraction of sp³-hybridized carbons (Fsp3) is 0.125. The molecule has 1 amide bonds. The first kappa shape index (κ1) is 9.98. The smallest absolute Gasteiger partial charge is 0.221 e. The Balaban J connectivity index is 3.17. The Labute approximate surface area is 83.2 Å². The number of carbonyl (C=O) groups excluding carboxylic acids is 1. The Morgan fingerprint density at radius 3 is 2.77 bits per heavy atom. The highest BCUT2D eigenvalue weighted by Gasteiger charge is 2.10.